The van der Waals surface area contributed by atoms with Crippen molar-refractivity contribution in [3.63, 3.8) is 0 Å². The van der Waals surface area contributed by atoms with Crippen LogP contribution < -0.4 is 0 Å². The van der Waals surface area contributed by atoms with Crippen LogP contribution in [0.2, 0.25) is 0 Å². The summed E-state index contributed by atoms with van der Waals surface area (Å²) in [5, 5.41) is 5.53. The van der Waals surface area contributed by atoms with Crippen LogP contribution in [-0.4, -0.2) is 20.9 Å². The molecule has 0 fully saturated rings. The van der Waals surface area contributed by atoms with Gasteiger partial charge in [0.2, 0.25) is 4.96 Å². The molecule has 20 heavy (non-hydrogen) atoms. The average Bonchev–Trinajstić information content (AvgIpc) is 2.95. The molecule has 0 atom stereocenters. The summed E-state index contributed by atoms with van der Waals surface area (Å²) in [5.41, 5.74) is 2.17. The minimum atomic E-state index is 0.525. The number of fused-ring (bicyclic) bond motifs is 1. The second-order valence-electron chi connectivity index (χ2n) is 5.12. The number of carbonyl (C=O) groups is 1. The molecule has 3 rings (SSSR count). The van der Waals surface area contributed by atoms with Gasteiger partial charge in [0.25, 0.3) is 0 Å². The van der Waals surface area contributed by atoms with Crippen molar-refractivity contribution < 1.29 is 4.79 Å². The highest BCUT2D eigenvalue weighted by molar-refractivity contribution is 7.16. The van der Waals surface area contributed by atoms with E-state index >= 15 is 0 Å². The highest BCUT2D eigenvalue weighted by Gasteiger charge is 2.17. The number of imidazole rings is 1. The molecule has 5 heteroatoms. The van der Waals surface area contributed by atoms with E-state index in [0.29, 0.717) is 17.3 Å². The molecular weight excluding hydrogens is 270 g/mol. The average molecular weight is 285 g/mol. The van der Waals surface area contributed by atoms with Crippen molar-refractivity contribution in [2.24, 2.45) is 5.92 Å². The molecule has 2 aromatic heterocycles. The highest BCUT2D eigenvalue weighted by Crippen LogP contribution is 2.26. The monoisotopic (exact) mass is 285 g/mol. The molecule has 2 heterocycles. The molecule has 4 nitrogen and oxygen atoms in total. The van der Waals surface area contributed by atoms with Crippen LogP contribution in [0.1, 0.15) is 29.3 Å². The van der Waals surface area contributed by atoms with Gasteiger partial charge in [-0.2, -0.15) is 9.61 Å². The van der Waals surface area contributed by atoms with Crippen LogP contribution in [0.15, 0.2) is 30.3 Å². The quantitative estimate of drug-likeness (QED) is 0.690. The molecule has 0 N–H and O–H groups in total. The molecule has 0 aliphatic rings. The molecule has 0 spiro atoms. The van der Waals surface area contributed by atoms with Crippen molar-refractivity contribution in [1.29, 1.82) is 0 Å². The SMILES string of the molecule is CC(C)Cc1nn2c(C=O)c(-c3ccccc3)nc2s1. The Morgan fingerprint density at radius 2 is 2.05 bits per heavy atom. The molecule has 0 bridgehead atoms. The molecule has 0 radical (unpaired) electrons. The smallest absolute Gasteiger partial charge is 0.213 e. The second kappa shape index (κ2) is 5.17. The number of carbonyl (C=O) groups excluding carboxylic acids is 1. The first-order chi connectivity index (χ1) is 9.69. The molecule has 1 aromatic carbocycles. The van der Waals surface area contributed by atoms with Crippen LogP contribution in [0, 0.1) is 5.92 Å². The summed E-state index contributed by atoms with van der Waals surface area (Å²) in [7, 11) is 0. The summed E-state index contributed by atoms with van der Waals surface area (Å²) < 4.78 is 1.66. The third kappa shape index (κ3) is 2.25. The zero-order valence-corrected chi connectivity index (χ0v) is 12.2. The predicted octanol–water partition coefficient (Wildman–Crippen LogP) is 3.47. The van der Waals surface area contributed by atoms with Crippen molar-refractivity contribution in [2.75, 3.05) is 0 Å². The van der Waals surface area contributed by atoms with Gasteiger partial charge >= 0.3 is 0 Å². The van der Waals surface area contributed by atoms with E-state index in [1.54, 1.807) is 15.9 Å². The first-order valence-electron chi connectivity index (χ1n) is 6.58. The van der Waals surface area contributed by atoms with Crippen molar-refractivity contribution >= 4 is 22.6 Å². The summed E-state index contributed by atoms with van der Waals surface area (Å²) in [5.74, 6) is 0.541. The van der Waals surface area contributed by atoms with Gasteiger partial charge in [-0.1, -0.05) is 55.5 Å². The molecule has 0 unspecified atom stereocenters. The third-order valence-corrected chi connectivity index (χ3v) is 3.95. The fraction of sp³-hybridized carbons (Fsp3) is 0.267. The standard InChI is InChI=1S/C15H15N3OS/c1-10(2)8-13-17-18-12(9-19)14(16-15(18)20-13)11-6-4-3-5-7-11/h3-7,9-10H,8H2,1-2H3. The summed E-state index contributed by atoms with van der Waals surface area (Å²) >= 11 is 1.55. The molecule has 0 saturated heterocycles. The minimum absolute atomic E-state index is 0.525. The lowest BCUT2D eigenvalue weighted by atomic mass is 10.1. The Morgan fingerprint density at radius 1 is 1.30 bits per heavy atom. The Balaban J connectivity index is 2.12. The Bertz CT molecular complexity index is 743. The summed E-state index contributed by atoms with van der Waals surface area (Å²) in [4.78, 5) is 16.8. The predicted molar refractivity (Wildman–Crippen MR) is 80.2 cm³/mol. The van der Waals surface area contributed by atoms with Crippen molar-refractivity contribution in [2.45, 2.75) is 20.3 Å². The number of aldehydes is 1. The van der Waals surface area contributed by atoms with Gasteiger partial charge in [0.1, 0.15) is 16.4 Å². The molecule has 0 aliphatic heterocycles. The van der Waals surface area contributed by atoms with Gasteiger partial charge < -0.3 is 0 Å². The van der Waals surface area contributed by atoms with Crippen LogP contribution in [0.4, 0.5) is 0 Å². The highest BCUT2D eigenvalue weighted by atomic mass is 32.1. The van der Waals surface area contributed by atoms with Crippen LogP contribution >= 0.6 is 11.3 Å². The minimum Gasteiger partial charge on any atom is -0.296 e. The zero-order valence-electron chi connectivity index (χ0n) is 11.4. The first kappa shape index (κ1) is 13.0. The van der Waals surface area contributed by atoms with Crippen molar-refractivity contribution in [3.8, 4) is 11.3 Å². The fourth-order valence-electron chi connectivity index (χ4n) is 2.15. The van der Waals surface area contributed by atoms with E-state index in [1.807, 2.05) is 30.3 Å². The normalized spacial score (nSPS) is 11.3. The van der Waals surface area contributed by atoms with Crippen LogP contribution in [0.5, 0.6) is 0 Å². The van der Waals surface area contributed by atoms with Crippen molar-refractivity contribution in [1.82, 2.24) is 14.6 Å². The number of hydrogen-bond donors (Lipinski definition) is 0. The van der Waals surface area contributed by atoms with E-state index in [4.69, 9.17) is 0 Å². The van der Waals surface area contributed by atoms with Crippen LogP contribution in [0.3, 0.4) is 0 Å². The maximum atomic E-state index is 11.4. The Labute approximate surface area is 121 Å². The zero-order chi connectivity index (χ0) is 14.1. The van der Waals surface area contributed by atoms with E-state index in [1.165, 1.54) is 0 Å². The number of rotatable bonds is 4. The molecule has 3 aromatic rings. The second-order valence-corrected chi connectivity index (χ2v) is 6.16. The number of hydrogen-bond acceptors (Lipinski definition) is 4. The number of benzene rings is 1. The van der Waals surface area contributed by atoms with E-state index in [9.17, 15) is 4.79 Å². The van der Waals surface area contributed by atoms with Crippen LogP contribution in [-0.2, 0) is 6.42 Å². The van der Waals surface area contributed by atoms with Crippen molar-refractivity contribution in [3.05, 3.63) is 41.0 Å². The molecule has 102 valence electrons. The van der Waals surface area contributed by atoms with Gasteiger partial charge in [0.15, 0.2) is 6.29 Å². The molecule has 0 amide bonds. The molecular formula is C15H15N3OS. The summed E-state index contributed by atoms with van der Waals surface area (Å²) in [6, 6.07) is 9.73. The van der Waals surface area contributed by atoms with E-state index in [-0.39, 0.29) is 0 Å². The van der Waals surface area contributed by atoms with Gasteiger partial charge in [-0.05, 0) is 5.92 Å². The molecule has 0 aliphatic carbocycles. The lowest BCUT2D eigenvalue weighted by molar-refractivity contribution is 0.111. The lowest BCUT2D eigenvalue weighted by Crippen LogP contribution is -1.98. The Morgan fingerprint density at radius 3 is 2.70 bits per heavy atom. The van der Waals surface area contributed by atoms with Crippen LogP contribution in [0.25, 0.3) is 16.2 Å². The van der Waals surface area contributed by atoms with E-state index in [0.717, 1.165) is 28.2 Å². The third-order valence-electron chi connectivity index (χ3n) is 3.02. The Kier molecular flexibility index (Phi) is 3.36. The summed E-state index contributed by atoms with van der Waals surface area (Å²) in [6.45, 7) is 4.31. The van der Waals surface area contributed by atoms with Gasteiger partial charge in [0, 0.05) is 12.0 Å². The number of nitrogens with zero attached hydrogens (tertiary/aromatic N) is 3. The number of aromatic nitrogens is 3. The first-order valence-corrected chi connectivity index (χ1v) is 7.39. The van der Waals surface area contributed by atoms with Gasteiger partial charge in [-0.25, -0.2) is 4.98 Å². The largest absolute Gasteiger partial charge is 0.296 e. The Hall–Kier alpha value is -2.01. The van der Waals surface area contributed by atoms with Gasteiger partial charge in [0.05, 0.1) is 0 Å². The van der Waals surface area contributed by atoms with E-state index < -0.39 is 0 Å². The van der Waals surface area contributed by atoms with Gasteiger partial charge in [-0.3, -0.25) is 4.79 Å². The van der Waals surface area contributed by atoms with E-state index in [2.05, 4.69) is 23.9 Å². The summed E-state index contributed by atoms with van der Waals surface area (Å²) in [6.07, 6.45) is 1.74. The fourth-order valence-corrected chi connectivity index (χ4v) is 3.26. The van der Waals surface area contributed by atoms with Gasteiger partial charge in [-0.15, -0.1) is 0 Å². The molecule has 0 saturated carbocycles. The maximum absolute atomic E-state index is 11.4. The topological polar surface area (TPSA) is 47.3 Å². The maximum Gasteiger partial charge on any atom is 0.213 e. The lowest BCUT2D eigenvalue weighted by Gasteiger charge is -1.99.